The van der Waals surface area contributed by atoms with Crippen LogP contribution < -0.4 is 15.4 Å². The van der Waals surface area contributed by atoms with E-state index < -0.39 is 5.97 Å². The first kappa shape index (κ1) is 28.6. The van der Waals surface area contributed by atoms with Crippen molar-refractivity contribution in [3.8, 4) is 5.75 Å². The monoisotopic (exact) mass is 571 g/mol. The number of ether oxygens (including phenoxy) is 2. The quantitative estimate of drug-likeness (QED) is 0.176. The lowest BCUT2D eigenvalue weighted by molar-refractivity contribution is -0.113. The van der Waals surface area contributed by atoms with Crippen molar-refractivity contribution in [2.75, 3.05) is 24.3 Å². The minimum absolute atomic E-state index is 0.0931. The van der Waals surface area contributed by atoms with E-state index in [2.05, 4.69) is 27.8 Å². The Kier molecular flexibility index (Phi) is 9.99. The molecule has 0 bridgehead atoms. The maximum Gasteiger partial charge on any atom is 0.341 e. The second-order valence-electron chi connectivity index (χ2n) is 8.99. The van der Waals surface area contributed by atoms with Crippen molar-refractivity contribution in [1.82, 2.24) is 20.1 Å². The number of aryl methyl sites for hydroxylation is 1. The molecule has 10 nitrogen and oxygen atoms in total. The highest BCUT2D eigenvalue weighted by atomic mass is 32.2. The Morgan fingerprint density at radius 2 is 1.92 bits per heavy atom. The Morgan fingerprint density at radius 3 is 2.67 bits per heavy atom. The molecule has 2 heterocycles. The lowest BCUT2D eigenvalue weighted by Crippen LogP contribution is -2.24. The van der Waals surface area contributed by atoms with Gasteiger partial charge >= 0.3 is 5.97 Å². The van der Waals surface area contributed by atoms with E-state index in [0.717, 1.165) is 48.3 Å². The van der Waals surface area contributed by atoms with Gasteiger partial charge in [0.25, 0.3) is 5.91 Å². The zero-order valence-electron chi connectivity index (χ0n) is 22.4. The van der Waals surface area contributed by atoms with Gasteiger partial charge < -0.3 is 24.7 Å². The molecule has 2 amide bonds. The van der Waals surface area contributed by atoms with Gasteiger partial charge in [-0.2, -0.15) is 0 Å². The van der Waals surface area contributed by atoms with Crippen molar-refractivity contribution in [1.29, 1.82) is 0 Å². The van der Waals surface area contributed by atoms with E-state index in [1.54, 1.807) is 42.8 Å². The molecule has 12 heteroatoms. The lowest BCUT2D eigenvalue weighted by Gasteiger charge is -2.09. The summed E-state index contributed by atoms with van der Waals surface area (Å²) in [5, 5.41) is 15.1. The van der Waals surface area contributed by atoms with Crippen LogP contribution in [0.1, 0.15) is 70.1 Å². The van der Waals surface area contributed by atoms with Crippen LogP contribution in [0.25, 0.3) is 0 Å². The molecule has 3 aromatic rings. The fourth-order valence-corrected chi connectivity index (χ4v) is 6.15. The third kappa shape index (κ3) is 7.18. The number of rotatable bonds is 13. The molecule has 4 rings (SSSR count). The molecule has 2 N–H and O–H groups in total. The Hall–Kier alpha value is -3.38. The van der Waals surface area contributed by atoms with E-state index in [4.69, 9.17) is 9.47 Å². The van der Waals surface area contributed by atoms with Crippen molar-refractivity contribution in [3.63, 3.8) is 0 Å². The molecule has 0 saturated carbocycles. The van der Waals surface area contributed by atoms with E-state index in [1.807, 2.05) is 0 Å². The Morgan fingerprint density at radius 1 is 1.13 bits per heavy atom. The van der Waals surface area contributed by atoms with Gasteiger partial charge in [-0.25, -0.2) is 4.79 Å². The average Bonchev–Trinajstić information content (AvgIpc) is 3.61. The highest BCUT2D eigenvalue weighted by Gasteiger charge is 2.28. The predicted octanol–water partition coefficient (Wildman–Crippen LogP) is 4.38. The SMILES string of the molecule is CCCCOc1ccc(C(=O)NCc2nnc(SCC(=O)Nc3sc4c(c3C(=O)OCC)CCC4)n2C)cc1. The first-order valence-corrected chi connectivity index (χ1v) is 14.8. The molecular formula is C27H33N5O5S2. The number of unbranched alkanes of at least 4 members (excludes halogenated alkanes) is 1. The van der Waals surface area contributed by atoms with Gasteiger partial charge in [0.1, 0.15) is 10.8 Å². The molecule has 1 aromatic carbocycles. The molecule has 0 radical (unpaired) electrons. The molecule has 0 aliphatic heterocycles. The highest BCUT2D eigenvalue weighted by molar-refractivity contribution is 7.99. The van der Waals surface area contributed by atoms with Gasteiger partial charge in [-0.3, -0.25) is 9.59 Å². The molecule has 0 spiro atoms. The number of nitrogens with zero attached hydrogens (tertiary/aromatic N) is 3. The summed E-state index contributed by atoms with van der Waals surface area (Å²) >= 11 is 2.68. The van der Waals surface area contributed by atoms with E-state index >= 15 is 0 Å². The number of thioether (sulfide) groups is 1. The average molecular weight is 572 g/mol. The topological polar surface area (TPSA) is 124 Å². The summed E-state index contributed by atoms with van der Waals surface area (Å²) in [6.07, 6.45) is 4.78. The van der Waals surface area contributed by atoms with Crippen molar-refractivity contribution in [2.24, 2.45) is 7.05 Å². The predicted molar refractivity (Wildman–Crippen MR) is 151 cm³/mol. The molecule has 0 atom stereocenters. The van der Waals surface area contributed by atoms with Crippen LogP contribution in [0.4, 0.5) is 5.00 Å². The standard InChI is InChI=1S/C27H33N5O5S2/c1-4-6-14-37-18-12-10-17(11-13-18)24(34)28-15-21-30-31-27(32(21)3)38-16-22(33)29-25-23(26(35)36-5-2)19-8-7-9-20(19)39-25/h10-13H,4-9,14-16H2,1-3H3,(H,28,34)(H,29,33). The van der Waals surface area contributed by atoms with Gasteiger partial charge in [-0.15, -0.1) is 21.5 Å². The third-order valence-electron chi connectivity index (χ3n) is 6.20. The number of fused-ring (bicyclic) bond motifs is 1. The minimum Gasteiger partial charge on any atom is -0.494 e. The first-order chi connectivity index (χ1) is 18.9. The number of nitrogens with one attached hydrogen (secondary N) is 2. The number of thiophene rings is 1. The second-order valence-corrected chi connectivity index (χ2v) is 11.0. The molecule has 2 aromatic heterocycles. The Balaban J connectivity index is 1.29. The highest BCUT2D eigenvalue weighted by Crippen LogP contribution is 2.39. The van der Waals surface area contributed by atoms with E-state index in [-0.39, 0.29) is 30.7 Å². The van der Waals surface area contributed by atoms with Crippen LogP contribution in [-0.4, -0.2) is 51.5 Å². The van der Waals surface area contributed by atoms with Crippen LogP contribution >= 0.6 is 23.1 Å². The second kappa shape index (κ2) is 13.6. The van der Waals surface area contributed by atoms with Gasteiger partial charge in [0, 0.05) is 17.5 Å². The maximum atomic E-state index is 12.7. The van der Waals surface area contributed by atoms with Gasteiger partial charge in [0.2, 0.25) is 5.91 Å². The number of aromatic nitrogens is 3. The van der Waals surface area contributed by atoms with Crippen molar-refractivity contribution < 1.29 is 23.9 Å². The lowest BCUT2D eigenvalue weighted by atomic mass is 10.1. The van der Waals surface area contributed by atoms with Crippen LogP contribution in [0.5, 0.6) is 5.75 Å². The number of anilines is 1. The molecule has 1 aliphatic rings. The summed E-state index contributed by atoms with van der Waals surface area (Å²) in [5.41, 5.74) is 2.01. The fourth-order valence-electron chi connectivity index (χ4n) is 4.13. The summed E-state index contributed by atoms with van der Waals surface area (Å²) < 4.78 is 12.6. The van der Waals surface area contributed by atoms with Gasteiger partial charge in [0.15, 0.2) is 11.0 Å². The Labute approximate surface area is 235 Å². The zero-order chi connectivity index (χ0) is 27.8. The van der Waals surface area contributed by atoms with Crippen molar-refractivity contribution in [2.45, 2.75) is 57.7 Å². The van der Waals surface area contributed by atoms with Gasteiger partial charge in [0.05, 0.1) is 31.1 Å². The molecule has 0 saturated heterocycles. The number of esters is 1. The number of hydrogen-bond donors (Lipinski definition) is 2. The number of carbonyl (C=O) groups excluding carboxylic acids is 3. The molecule has 208 valence electrons. The number of amides is 2. The van der Waals surface area contributed by atoms with Crippen LogP contribution in [0.15, 0.2) is 29.4 Å². The van der Waals surface area contributed by atoms with Crippen molar-refractivity contribution >= 4 is 45.9 Å². The summed E-state index contributed by atoms with van der Waals surface area (Å²) in [6, 6.07) is 7.02. The summed E-state index contributed by atoms with van der Waals surface area (Å²) in [6.45, 7) is 4.99. The van der Waals surface area contributed by atoms with Crippen LogP contribution in [0.2, 0.25) is 0 Å². The summed E-state index contributed by atoms with van der Waals surface area (Å²) in [5.74, 6) is 0.522. The van der Waals surface area contributed by atoms with E-state index in [1.165, 1.54) is 23.1 Å². The fraction of sp³-hybridized carbons (Fsp3) is 0.444. The minimum atomic E-state index is -0.393. The van der Waals surface area contributed by atoms with Crippen molar-refractivity contribution in [3.05, 3.63) is 51.7 Å². The summed E-state index contributed by atoms with van der Waals surface area (Å²) in [4.78, 5) is 39.0. The number of hydrogen-bond acceptors (Lipinski definition) is 9. The smallest absolute Gasteiger partial charge is 0.341 e. The van der Waals surface area contributed by atoms with E-state index in [9.17, 15) is 14.4 Å². The molecule has 0 fully saturated rings. The molecule has 0 unspecified atom stereocenters. The number of carbonyl (C=O) groups is 3. The van der Waals surface area contributed by atoms with Gasteiger partial charge in [-0.05, 0) is 62.4 Å². The van der Waals surface area contributed by atoms with Crippen LogP contribution in [0, 0.1) is 0 Å². The third-order valence-corrected chi connectivity index (χ3v) is 8.43. The van der Waals surface area contributed by atoms with Gasteiger partial charge in [-0.1, -0.05) is 25.1 Å². The first-order valence-electron chi connectivity index (χ1n) is 13.0. The largest absolute Gasteiger partial charge is 0.494 e. The number of benzene rings is 1. The maximum absolute atomic E-state index is 12.7. The molecule has 39 heavy (non-hydrogen) atoms. The molecular weight excluding hydrogens is 538 g/mol. The van der Waals surface area contributed by atoms with Crippen LogP contribution in [0.3, 0.4) is 0 Å². The zero-order valence-corrected chi connectivity index (χ0v) is 24.0. The Bertz CT molecular complexity index is 1320. The normalized spacial score (nSPS) is 12.2. The van der Waals surface area contributed by atoms with E-state index in [0.29, 0.717) is 33.7 Å². The van der Waals surface area contributed by atoms with Crippen LogP contribution in [-0.2, 0) is 36.0 Å². The summed E-state index contributed by atoms with van der Waals surface area (Å²) in [7, 11) is 1.78. The molecule has 1 aliphatic carbocycles.